The van der Waals surface area contributed by atoms with Crippen molar-refractivity contribution in [2.75, 3.05) is 42.5 Å². The van der Waals surface area contributed by atoms with Gasteiger partial charge in [-0.25, -0.2) is 9.97 Å². The van der Waals surface area contributed by atoms with E-state index in [1.54, 1.807) is 6.33 Å². The summed E-state index contributed by atoms with van der Waals surface area (Å²) in [7, 11) is 0. The predicted molar refractivity (Wildman–Crippen MR) is 75.3 cm³/mol. The lowest BCUT2D eigenvalue weighted by Gasteiger charge is -2.35. The van der Waals surface area contributed by atoms with E-state index in [1.807, 2.05) is 0 Å². The SMILES string of the molecule is CCN(CC)c1cc(N2CCNCC2C)ncn1. The molecule has 2 rings (SSSR count). The Morgan fingerprint density at radius 1 is 1.39 bits per heavy atom. The average molecular weight is 249 g/mol. The van der Waals surface area contributed by atoms with E-state index in [0.29, 0.717) is 6.04 Å². The fraction of sp³-hybridized carbons (Fsp3) is 0.692. The molecule has 0 aromatic carbocycles. The molecule has 1 atom stereocenters. The van der Waals surface area contributed by atoms with Gasteiger partial charge in [0.25, 0.3) is 0 Å². The highest BCUT2D eigenvalue weighted by molar-refractivity contribution is 5.50. The molecule has 1 unspecified atom stereocenters. The third kappa shape index (κ3) is 2.72. The second kappa shape index (κ2) is 6.00. The van der Waals surface area contributed by atoms with Crippen molar-refractivity contribution in [3.8, 4) is 0 Å². The molecule has 1 aliphatic heterocycles. The van der Waals surface area contributed by atoms with Crippen LogP contribution in [-0.4, -0.2) is 48.7 Å². The zero-order chi connectivity index (χ0) is 13.0. The summed E-state index contributed by atoms with van der Waals surface area (Å²) in [4.78, 5) is 13.4. The Balaban J connectivity index is 2.20. The molecular weight excluding hydrogens is 226 g/mol. The number of nitrogens with one attached hydrogen (secondary N) is 1. The van der Waals surface area contributed by atoms with E-state index >= 15 is 0 Å². The second-order valence-electron chi connectivity index (χ2n) is 4.65. The first kappa shape index (κ1) is 13.1. The summed E-state index contributed by atoms with van der Waals surface area (Å²) in [6.45, 7) is 11.5. The minimum absolute atomic E-state index is 0.484. The van der Waals surface area contributed by atoms with E-state index in [-0.39, 0.29) is 0 Å². The molecule has 1 aromatic heterocycles. The Bertz CT molecular complexity index is 377. The van der Waals surface area contributed by atoms with Gasteiger partial charge < -0.3 is 15.1 Å². The normalized spacial score (nSPS) is 19.9. The lowest BCUT2D eigenvalue weighted by molar-refractivity contribution is 0.497. The molecule has 1 aliphatic rings. The summed E-state index contributed by atoms with van der Waals surface area (Å²) in [6, 6.07) is 2.59. The van der Waals surface area contributed by atoms with Gasteiger partial charge in [-0.1, -0.05) is 0 Å². The third-order valence-corrected chi connectivity index (χ3v) is 3.52. The molecule has 0 bridgehead atoms. The van der Waals surface area contributed by atoms with Crippen molar-refractivity contribution < 1.29 is 0 Å². The molecule has 0 radical (unpaired) electrons. The molecule has 0 amide bonds. The van der Waals surface area contributed by atoms with E-state index in [2.05, 4.69) is 51.9 Å². The van der Waals surface area contributed by atoms with Gasteiger partial charge in [0.05, 0.1) is 0 Å². The monoisotopic (exact) mass is 249 g/mol. The van der Waals surface area contributed by atoms with E-state index in [1.165, 1.54) is 0 Å². The molecular formula is C13H23N5. The minimum Gasteiger partial charge on any atom is -0.357 e. The Morgan fingerprint density at radius 2 is 2.17 bits per heavy atom. The first-order valence-electron chi connectivity index (χ1n) is 6.80. The van der Waals surface area contributed by atoms with E-state index in [0.717, 1.165) is 44.4 Å². The van der Waals surface area contributed by atoms with Crippen LogP contribution in [0.25, 0.3) is 0 Å². The summed E-state index contributed by atoms with van der Waals surface area (Å²) >= 11 is 0. The lowest BCUT2D eigenvalue weighted by atomic mass is 10.2. The number of rotatable bonds is 4. The summed E-state index contributed by atoms with van der Waals surface area (Å²) in [6.07, 6.45) is 1.68. The first-order valence-corrected chi connectivity index (χ1v) is 6.80. The quantitative estimate of drug-likeness (QED) is 0.866. The third-order valence-electron chi connectivity index (χ3n) is 3.52. The summed E-state index contributed by atoms with van der Waals surface area (Å²) in [5.74, 6) is 2.07. The van der Waals surface area contributed by atoms with Crippen LogP contribution in [-0.2, 0) is 0 Å². The van der Waals surface area contributed by atoms with Gasteiger partial charge >= 0.3 is 0 Å². The number of hydrogen-bond donors (Lipinski definition) is 1. The second-order valence-corrected chi connectivity index (χ2v) is 4.65. The molecule has 5 heteroatoms. The standard InChI is InChI=1S/C13H23N5/c1-4-17(5-2)12-8-13(16-10-15-12)18-7-6-14-9-11(18)3/h8,10-11,14H,4-7,9H2,1-3H3. The van der Waals surface area contributed by atoms with Crippen LogP contribution >= 0.6 is 0 Å². The highest BCUT2D eigenvalue weighted by Gasteiger charge is 2.20. The van der Waals surface area contributed by atoms with Crippen LogP contribution < -0.4 is 15.1 Å². The van der Waals surface area contributed by atoms with Crippen LogP contribution in [0.4, 0.5) is 11.6 Å². The zero-order valence-corrected chi connectivity index (χ0v) is 11.6. The van der Waals surface area contributed by atoms with Gasteiger partial charge in [-0.05, 0) is 20.8 Å². The van der Waals surface area contributed by atoms with Crippen molar-refractivity contribution in [3.05, 3.63) is 12.4 Å². The highest BCUT2D eigenvalue weighted by atomic mass is 15.3. The lowest BCUT2D eigenvalue weighted by Crippen LogP contribution is -2.50. The molecule has 1 aromatic rings. The molecule has 1 N–H and O–H groups in total. The Hall–Kier alpha value is -1.36. The number of aromatic nitrogens is 2. The first-order chi connectivity index (χ1) is 8.76. The molecule has 0 aliphatic carbocycles. The van der Waals surface area contributed by atoms with Gasteiger partial charge in [-0.15, -0.1) is 0 Å². The summed E-state index contributed by atoms with van der Waals surface area (Å²) < 4.78 is 0. The summed E-state index contributed by atoms with van der Waals surface area (Å²) in [5.41, 5.74) is 0. The molecule has 0 saturated carbocycles. The van der Waals surface area contributed by atoms with Gasteiger partial charge in [-0.2, -0.15) is 0 Å². The fourth-order valence-electron chi connectivity index (χ4n) is 2.40. The minimum atomic E-state index is 0.484. The van der Waals surface area contributed by atoms with Crippen LogP contribution in [0.5, 0.6) is 0 Å². The molecule has 0 spiro atoms. The van der Waals surface area contributed by atoms with Crippen LogP contribution in [0, 0.1) is 0 Å². The number of anilines is 2. The number of piperazine rings is 1. The topological polar surface area (TPSA) is 44.3 Å². The van der Waals surface area contributed by atoms with E-state index in [4.69, 9.17) is 0 Å². The molecule has 1 saturated heterocycles. The van der Waals surface area contributed by atoms with Crippen LogP contribution in [0.2, 0.25) is 0 Å². The molecule has 2 heterocycles. The maximum absolute atomic E-state index is 4.42. The van der Waals surface area contributed by atoms with Crippen molar-refractivity contribution in [2.45, 2.75) is 26.8 Å². The van der Waals surface area contributed by atoms with Crippen molar-refractivity contribution in [1.82, 2.24) is 15.3 Å². The Kier molecular flexibility index (Phi) is 4.36. The Labute approximate surface area is 109 Å². The van der Waals surface area contributed by atoms with E-state index in [9.17, 15) is 0 Å². The van der Waals surface area contributed by atoms with Gasteiger partial charge in [0.2, 0.25) is 0 Å². The van der Waals surface area contributed by atoms with Gasteiger partial charge in [0.15, 0.2) is 0 Å². The number of nitrogens with zero attached hydrogens (tertiary/aromatic N) is 4. The fourth-order valence-corrected chi connectivity index (χ4v) is 2.40. The van der Waals surface area contributed by atoms with Gasteiger partial charge in [0.1, 0.15) is 18.0 Å². The van der Waals surface area contributed by atoms with Gasteiger partial charge in [0, 0.05) is 44.8 Å². The highest BCUT2D eigenvalue weighted by Crippen LogP contribution is 2.19. The maximum Gasteiger partial charge on any atom is 0.134 e. The summed E-state index contributed by atoms with van der Waals surface area (Å²) in [5, 5.41) is 3.40. The smallest absolute Gasteiger partial charge is 0.134 e. The number of hydrogen-bond acceptors (Lipinski definition) is 5. The zero-order valence-electron chi connectivity index (χ0n) is 11.6. The van der Waals surface area contributed by atoms with Crippen LogP contribution in [0.3, 0.4) is 0 Å². The predicted octanol–water partition coefficient (Wildman–Crippen LogP) is 1.12. The average Bonchev–Trinajstić information content (AvgIpc) is 2.41. The van der Waals surface area contributed by atoms with E-state index < -0.39 is 0 Å². The maximum atomic E-state index is 4.42. The van der Waals surface area contributed by atoms with Gasteiger partial charge in [-0.3, -0.25) is 0 Å². The van der Waals surface area contributed by atoms with Crippen LogP contribution in [0.15, 0.2) is 12.4 Å². The van der Waals surface area contributed by atoms with Crippen molar-refractivity contribution in [1.29, 1.82) is 0 Å². The molecule has 1 fully saturated rings. The van der Waals surface area contributed by atoms with Crippen molar-refractivity contribution in [3.63, 3.8) is 0 Å². The largest absolute Gasteiger partial charge is 0.357 e. The van der Waals surface area contributed by atoms with Crippen molar-refractivity contribution in [2.24, 2.45) is 0 Å². The molecule has 18 heavy (non-hydrogen) atoms. The molecule has 5 nitrogen and oxygen atoms in total. The van der Waals surface area contributed by atoms with Crippen LogP contribution in [0.1, 0.15) is 20.8 Å². The molecule has 100 valence electrons. The van der Waals surface area contributed by atoms with Crippen molar-refractivity contribution >= 4 is 11.6 Å². The Morgan fingerprint density at radius 3 is 2.83 bits per heavy atom.